The van der Waals surface area contributed by atoms with E-state index in [0.717, 1.165) is 22.5 Å². The number of carbonyl (C=O) groups is 2. The van der Waals surface area contributed by atoms with Crippen molar-refractivity contribution in [3.05, 3.63) is 90.0 Å². The molecule has 1 heterocycles. The summed E-state index contributed by atoms with van der Waals surface area (Å²) >= 11 is 0. The average Bonchev–Trinajstić information content (AvgIpc) is 2.73. The molecule has 0 aromatic heterocycles. The predicted molar refractivity (Wildman–Crippen MR) is 113 cm³/mol. The van der Waals surface area contributed by atoms with Crippen LogP contribution in [0.3, 0.4) is 0 Å². The van der Waals surface area contributed by atoms with Gasteiger partial charge in [0.05, 0.1) is 18.8 Å². The van der Waals surface area contributed by atoms with Crippen LogP contribution in [0.25, 0.3) is 0 Å². The lowest BCUT2D eigenvalue weighted by Gasteiger charge is -2.32. The molecule has 0 radical (unpaired) electrons. The van der Waals surface area contributed by atoms with Crippen LogP contribution in [0, 0.1) is 6.92 Å². The molecule has 1 amide bonds. The van der Waals surface area contributed by atoms with E-state index < -0.39 is 0 Å². The molecule has 0 spiro atoms. The number of ether oxygens (including phenoxy) is 1. The van der Waals surface area contributed by atoms with Crippen LogP contribution >= 0.6 is 0 Å². The molecule has 0 atom stereocenters. The van der Waals surface area contributed by atoms with Gasteiger partial charge in [-0.05, 0) is 42.3 Å². The number of aryl methyl sites for hydroxylation is 1. The summed E-state index contributed by atoms with van der Waals surface area (Å²) in [5, 5.41) is 0. The van der Waals surface area contributed by atoms with E-state index in [1.807, 2.05) is 85.8 Å². The molecular formula is C24H22N2O3. The number of carbonyl (C=O) groups excluding carboxylic acids is 2. The summed E-state index contributed by atoms with van der Waals surface area (Å²) in [6.07, 6.45) is 0. The minimum Gasteiger partial charge on any atom is -0.423 e. The van der Waals surface area contributed by atoms with Crippen LogP contribution in [0.1, 0.15) is 11.1 Å². The van der Waals surface area contributed by atoms with Crippen molar-refractivity contribution in [2.24, 2.45) is 0 Å². The molecule has 3 aromatic rings. The lowest BCUT2D eigenvalue weighted by atomic mass is 10.1. The topological polar surface area (TPSA) is 49.9 Å². The van der Waals surface area contributed by atoms with Gasteiger partial charge in [0, 0.05) is 5.69 Å². The smallest absolute Gasteiger partial charge is 0.331 e. The number of hydrogen-bond donors (Lipinski definition) is 0. The highest BCUT2D eigenvalue weighted by atomic mass is 16.5. The number of esters is 1. The van der Waals surface area contributed by atoms with E-state index in [4.69, 9.17) is 4.74 Å². The molecule has 3 aromatic carbocycles. The Morgan fingerprint density at radius 2 is 1.69 bits per heavy atom. The van der Waals surface area contributed by atoms with Gasteiger partial charge in [-0.15, -0.1) is 0 Å². The van der Waals surface area contributed by atoms with Crippen molar-refractivity contribution in [2.75, 3.05) is 22.9 Å². The second-order valence-electron chi connectivity index (χ2n) is 7.10. The number of rotatable bonds is 5. The first kappa shape index (κ1) is 18.7. The maximum absolute atomic E-state index is 13.3. The Labute approximate surface area is 170 Å². The second-order valence-corrected chi connectivity index (χ2v) is 7.10. The average molecular weight is 386 g/mol. The lowest BCUT2D eigenvalue weighted by molar-refractivity contribution is -0.133. The second kappa shape index (κ2) is 8.19. The van der Waals surface area contributed by atoms with E-state index in [1.54, 1.807) is 9.80 Å². The highest BCUT2D eigenvalue weighted by molar-refractivity contribution is 5.98. The largest absolute Gasteiger partial charge is 0.423 e. The fourth-order valence-electron chi connectivity index (χ4n) is 3.45. The van der Waals surface area contributed by atoms with Crippen molar-refractivity contribution in [1.82, 2.24) is 0 Å². The minimum atomic E-state index is -0.356. The fourth-order valence-corrected chi connectivity index (χ4v) is 3.45. The molecule has 0 N–H and O–H groups in total. The predicted octanol–water partition coefficient (Wildman–Crippen LogP) is 3.95. The zero-order valence-corrected chi connectivity index (χ0v) is 16.2. The van der Waals surface area contributed by atoms with Gasteiger partial charge in [-0.1, -0.05) is 54.6 Å². The first-order valence-corrected chi connectivity index (χ1v) is 9.56. The Balaban J connectivity index is 1.61. The maximum atomic E-state index is 13.3. The Morgan fingerprint density at radius 3 is 2.41 bits per heavy atom. The Kier molecular flexibility index (Phi) is 5.29. The highest BCUT2D eigenvalue weighted by Gasteiger charge is 2.28. The summed E-state index contributed by atoms with van der Waals surface area (Å²) < 4.78 is 5.36. The fraction of sp³-hybridized carbons (Fsp3) is 0.167. The quantitative estimate of drug-likeness (QED) is 0.492. The molecule has 5 heteroatoms. The van der Waals surface area contributed by atoms with E-state index in [9.17, 15) is 9.59 Å². The Hall–Kier alpha value is -3.60. The van der Waals surface area contributed by atoms with Crippen molar-refractivity contribution in [3.8, 4) is 5.75 Å². The first-order valence-electron chi connectivity index (χ1n) is 9.56. The van der Waals surface area contributed by atoms with E-state index in [0.29, 0.717) is 12.3 Å². The Morgan fingerprint density at radius 1 is 1.00 bits per heavy atom. The van der Waals surface area contributed by atoms with Crippen molar-refractivity contribution >= 4 is 23.3 Å². The molecule has 0 unspecified atom stereocenters. The van der Waals surface area contributed by atoms with Crippen LogP contribution < -0.4 is 14.5 Å². The van der Waals surface area contributed by atoms with Crippen LogP contribution in [-0.2, 0) is 16.1 Å². The first-order chi connectivity index (χ1) is 14.1. The molecular weight excluding hydrogens is 364 g/mol. The summed E-state index contributed by atoms with van der Waals surface area (Å²) in [4.78, 5) is 28.9. The molecule has 0 bridgehead atoms. The number of anilines is 2. The van der Waals surface area contributed by atoms with E-state index in [1.165, 1.54) is 0 Å². The molecule has 1 aliphatic heterocycles. The zero-order valence-electron chi connectivity index (χ0n) is 16.2. The van der Waals surface area contributed by atoms with E-state index in [-0.39, 0.29) is 25.0 Å². The molecule has 0 fully saturated rings. The Bertz CT molecular complexity index is 1020. The molecule has 0 aliphatic carbocycles. The molecule has 5 nitrogen and oxygen atoms in total. The molecule has 1 aliphatic rings. The summed E-state index contributed by atoms with van der Waals surface area (Å²) in [6, 6.07) is 25.1. The third kappa shape index (κ3) is 4.29. The van der Waals surface area contributed by atoms with Crippen LogP contribution in [-0.4, -0.2) is 25.0 Å². The summed E-state index contributed by atoms with van der Waals surface area (Å²) in [5.41, 5.74) is 3.62. The third-order valence-electron chi connectivity index (χ3n) is 4.88. The number of fused-ring (bicyclic) bond motifs is 1. The van der Waals surface area contributed by atoms with Gasteiger partial charge in [-0.2, -0.15) is 0 Å². The van der Waals surface area contributed by atoms with Gasteiger partial charge in [0.2, 0.25) is 5.91 Å². The van der Waals surface area contributed by atoms with E-state index in [2.05, 4.69) is 0 Å². The van der Waals surface area contributed by atoms with Crippen molar-refractivity contribution < 1.29 is 14.3 Å². The third-order valence-corrected chi connectivity index (χ3v) is 4.88. The zero-order chi connectivity index (χ0) is 20.2. The monoisotopic (exact) mass is 386 g/mol. The molecule has 4 rings (SSSR count). The highest BCUT2D eigenvalue weighted by Crippen LogP contribution is 2.33. The van der Waals surface area contributed by atoms with Crippen molar-refractivity contribution in [3.63, 3.8) is 0 Å². The molecule has 29 heavy (non-hydrogen) atoms. The molecule has 0 saturated carbocycles. The normalized spacial score (nSPS) is 12.9. The van der Waals surface area contributed by atoms with Gasteiger partial charge < -0.3 is 14.5 Å². The SMILES string of the molecule is Cc1ccc2c(c1)OC(=O)CN2CC(=O)N(Cc1ccccc1)c1ccccc1. The number of benzene rings is 3. The number of hydrogen-bond acceptors (Lipinski definition) is 4. The van der Waals surface area contributed by atoms with Crippen LogP contribution in [0.5, 0.6) is 5.75 Å². The van der Waals surface area contributed by atoms with Crippen molar-refractivity contribution in [1.29, 1.82) is 0 Å². The minimum absolute atomic E-state index is 0.0514. The van der Waals surface area contributed by atoms with Crippen LogP contribution in [0.15, 0.2) is 78.9 Å². The van der Waals surface area contributed by atoms with Crippen molar-refractivity contribution in [2.45, 2.75) is 13.5 Å². The standard InChI is InChI=1S/C24H22N2O3/c1-18-12-13-21-22(14-18)29-24(28)17-25(21)16-23(27)26(20-10-6-3-7-11-20)15-19-8-4-2-5-9-19/h2-14H,15-17H2,1H3. The van der Waals surface area contributed by atoms with Gasteiger partial charge >= 0.3 is 5.97 Å². The summed E-state index contributed by atoms with van der Waals surface area (Å²) in [7, 11) is 0. The summed E-state index contributed by atoms with van der Waals surface area (Å²) in [5.74, 6) is 0.0647. The van der Waals surface area contributed by atoms with Gasteiger partial charge in [0.15, 0.2) is 5.75 Å². The molecule has 146 valence electrons. The lowest BCUT2D eigenvalue weighted by Crippen LogP contribution is -2.45. The van der Waals surface area contributed by atoms with E-state index >= 15 is 0 Å². The maximum Gasteiger partial charge on any atom is 0.331 e. The van der Waals surface area contributed by atoms with Gasteiger partial charge in [-0.25, -0.2) is 4.79 Å². The molecule has 0 saturated heterocycles. The number of para-hydroxylation sites is 1. The van der Waals surface area contributed by atoms with Crippen LogP contribution in [0.2, 0.25) is 0 Å². The number of amides is 1. The van der Waals surface area contributed by atoms with Gasteiger partial charge in [0.25, 0.3) is 0 Å². The number of nitrogens with zero attached hydrogens (tertiary/aromatic N) is 2. The van der Waals surface area contributed by atoms with Gasteiger partial charge in [0.1, 0.15) is 6.54 Å². The van der Waals surface area contributed by atoms with Crippen LogP contribution in [0.4, 0.5) is 11.4 Å². The summed E-state index contributed by atoms with van der Waals surface area (Å²) in [6.45, 7) is 2.54. The van der Waals surface area contributed by atoms with Gasteiger partial charge in [-0.3, -0.25) is 4.79 Å².